The highest BCUT2D eigenvalue weighted by molar-refractivity contribution is 5.98. The molecule has 1 amide bonds. The predicted molar refractivity (Wildman–Crippen MR) is 67.0 cm³/mol. The Morgan fingerprint density at radius 2 is 2.22 bits per heavy atom. The van der Waals surface area contributed by atoms with E-state index in [1.807, 2.05) is 13.8 Å². The highest BCUT2D eigenvalue weighted by Crippen LogP contribution is 2.16. The highest BCUT2D eigenvalue weighted by Gasteiger charge is 2.10. The van der Waals surface area contributed by atoms with E-state index in [9.17, 15) is 9.18 Å². The SMILES string of the molecule is CC(C)CC(=O)Nc1ccc(/C(N)=N/O)cc1F. The number of benzene rings is 1. The third-order valence-electron chi connectivity index (χ3n) is 2.24. The van der Waals surface area contributed by atoms with Crippen LogP contribution < -0.4 is 11.1 Å². The first-order valence-electron chi connectivity index (χ1n) is 5.51. The molecule has 6 heteroatoms. The average molecular weight is 253 g/mol. The van der Waals surface area contributed by atoms with Crippen LogP contribution in [-0.4, -0.2) is 17.0 Å². The monoisotopic (exact) mass is 253 g/mol. The molecular formula is C12H16FN3O2. The summed E-state index contributed by atoms with van der Waals surface area (Å²) in [5.74, 6) is -0.866. The summed E-state index contributed by atoms with van der Waals surface area (Å²) in [7, 11) is 0. The molecule has 0 aromatic heterocycles. The maximum atomic E-state index is 13.6. The van der Waals surface area contributed by atoms with E-state index in [0.29, 0.717) is 6.42 Å². The molecule has 18 heavy (non-hydrogen) atoms. The first kappa shape index (κ1) is 14.0. The van der Waals surface area contributed by atoms with Crippen molar-refractivity contribution in [3.63, 3.8) is 0 Å². The Morgan fingerprint density at radius 1 is 1.56 bits per heavy atom. The lowest BCUT2D eigenvalue weighted by molar-refractivity contribution is -0.116. The Kier molecular flexibility index (Phi) is 4.65. The Balaban J connectivity index is 2.83. The number of hydrogen-bond acceptors (Lipinski definition) is 3. The van der Waals surface area contributed by atoms with Crippen LogP contribution in [0.15, 0.2) is 23.4 Å². The van der Waals surface area contributed by atoms with E-state index >= 15 is 0 Å². The molecular weight excluding hydrogens is 237 g/mol. The number of halogens is 1. The standard InChI is InChI=1S/C12H16FN3O2/c1-7(2)5-11(17)15-10-4-3-8(6-9(10)13)12(14)16-18/h3-4,6-7,18H,5H2,1-2H3,(H2,14,16)(H,15,17). The third-order valence-corrected chi connectivity index (χ3v) is 2.24. The molecule has 0 aliphatic carbocycles. The maximum absolute atomic E-state index is 13.6. The average Bonchev–Trinajstić information content (AvgIpc) is 2.29. The summed E-state index contributed by atoms with van der Waals surface area (Å²) in [5.41, 5.74) is 5.65. The summed E-state index contributed by atoms with van der Waals surface area (Å²) in [4.78, 5) is 11.5. The Morgan fingerprint density at radius 3 is 2.72 bits per heavy atom. The number of rotatable bonds is 4. The number of anilines is 1. The number of amidine groups is 1. The van der Waals surface area contributed by atoms with E-state index in [0.717, 1.165) is 6.07 Å². The number of nitrogens with one attached hydrogen (secondary N) is 1. The molecule has 0 aliphatic heterocycles. The summed E-state index contributed by atoms with van der Waals surface area (Å²) >= 11 is 0. The van der Waals surface area contributed by atoms with Crippen LogP contribution in [0.25, 0.3) is 0 Å². The van der Waals surface area contributed by atoms with Gasteiger partial charge in [-0.1, -0.05) is 19.0 Å². The van der Waals surface area contributed by atoms with Crippen LogP contribution in [0.3, 0.4) is 0 Å². The third kappa shape index (κ3) is 3.73. The highest BCUT2D eigenvalue weighted by atomic mass is 19.1. The van der Waals surface area contributed by atoms with E-state index in [-0.39, 0.29) is 28.9 Å². The van der Waals surface area contributed by atoms with Gasteiger partial charge >= 0.3 is 0 Å². The maximum Gasteiger partial charge on any atom is 0.224 e. The summed E-state index contributed by atoms with van der Waals surface area (Å²) in [6, 6.07) is 3.93. The zero-order valence-electron chi connectivity index (χ0n) is 10.3. The predicted octanol–water partition coefficient (Wildman–Crippen LogP) is 1.90. The minimum atomic E-state index is -0.629. The summed E-state index contributed by atoms with van der Waals surface area (Å²) in [5, 5.41) is 13.7. The van der Waals surface area contributed by atoms with Gasteiger partial charge in [0.1, 0.15) is 5.82 Å². The van der Waals surface area contributed by atoms with Crippen LogP contribution in [-0.2, 0) is 4.79 Å². The van der Waals surface area contributed by atoms with Gasteiger partial charge in [-0.3, -0.25) is 4.79 Å². The molecule has 0 saturated carbocycles. The van der Waals surface area contributed by atoms with Crippen LogP contribution in [0.1, 0.15) is 25.8 Å². The van der Waals surface area contributed by atoms with Crippen molar-refractivity contribution < 1.29 is 14.4 Å². The van der Waals surface area contributed by atoms with Crippen LogP contribution in [0.2, 0.25) is 0 Å². The van der Waals surface area contributed by atoms with Gasteiger partial charge in [0.05, 0.1) is 5.69 Å². The van der Waals surface area contributed by atoms with Crippen molar-refractivity contribution in [3.8, 4) is 0 Å². The van der Waals surface area contributed by atoms with E-state index in [1.165, 1.54) is 12.1 Å². The lowest BCUT2D eigenvalue weighted by Gasteiger charge is -2.09. The Bertz CT molecular complexity index is 472. The molecule has 1 aromatic carbocycles. The largest absolute Gasteiger partial charge is 0.409 e. The molecule has 0 fully saturated rings. The minimum absolute atomic E-state index is 0.0788. The lowest BCUT2D eigenvalue weighted by Crippen LogP contribution is -2.16. The van der Waals surface area contributed by atoms with Gasteiger partial charge in [-0.25, -0.2) is 4.39 Å². The molecule has 5 nitrogen and oxygen atoms in total. The molecule has 0 spiro atoms. The summed E-state index contributed by atoms with van der Waals surface area (Å²) in [6.45, 7) is 3.80. The van der Waals surface area contributed by atoms with Gasteiger partial charge in [0.2, 0.25) is 5.91 Å². The van der Waals surface area contributed by atoms with Gasteiger partial charge < -0.3 is 16.3 Å². The Hall–Kier alpha value is -2.11. The van der Waals surface area contributed by atoms with Crippen molar-refractivity contribution in [1.29, 1.82) is 0 Å². The van der Waals surface area contributed by atoms with E-state index in [4.69, 9.17) is 10.9 Å². The van der Waals surface area contributed by atoms with E-state index in [2.05, 4.69) is 10.5 Å². The van der Waals surface area contributed by atoms with Crippen molar-refractivity contribution in [2.24, 2.45) is 16.8 Å². The summed E-state index contributed by atoms with van der Waals surface area (Å²) < 4.78 is 13.6. The molecule has 4 N–H and O–H groups in total. The van der Waals surface area contributed by atoms with Crippen molar-refractivity contribution >= 4 is 17.4 Å². The topological polar surface area (TPSA) is 87.7 Å². The molecule has 98 valence electrons. The minimum Gasteiger partial charge on any atom is -0.409 e. The van der Waals surface area contributed by atoms with E-state index in [1.54, 1.807) is 0 Å². The van der Waals surface area contributed by atoms with Gasteiger partial charge in [0.25, 0.3) is 0 Å². The van der Waals surface area contributed by atoms with Gasteiger partial charge in [0.15, 0.2) is 5.84 Å². The van der Waals surface area contributed by atoms with Gasteiger partial charge in [0, 0.05) is 12.0 Å². The Labute approximate surface area is 104 Å². The van der Waals surface area contributed by atoms with Crippen LogP contribution in [0.4, 0.5) is 10.1 Å². The second kappa shape index (κ2) is 6.00. The first-order valence-corrected chi connectivity index (χ1v) is 5.51. The zero-order valence-corrected chi connectivity index (χ0v) is 10.3. The fourth-order valence-electron chi connectivity index (χ4n) is 1.41. The van der Waals surface area contributed by atoms with Crippen molar-refractivity contribution in [1.82, 2.24) is 0 Å². The number of nitrogens with zero attached hydrogens (tertiary/aromatic N) is 1. The molecule has 0 unspecified atom stereocenters. The van der Waals surface area contributed by atoms with Crippen LogP contribution in [0.5, 0.6) is 0 Å². The van der Waals surface area contributed by atoms with Crippen LogP contribution >= 0.6 is 0 Å². The number of amides is 1. The second-order valence-corrected chi connectivity index (χ2v) is 4.33. The van der Waals surface area contributed by atoms with Crippen molar-refractivity contribution in [3.05, 3.63) is 29.6 Å². The normalized spacial score (nSPS) is 11.7. The molecule has 1 aromatic rings. The van der Waals surface area contributed by atoms with Crippen LogP contribution in [0, 0.1) is 11.7 Å². The molecule has 0 radical (unpaired) electrons. The molecule has 0 bridgehead atoms. The fraction of sp³-hybridized carbons (Fsp3) is 0.333. The number of carbonyl (C=O) groups is 1. The number of oxime groups is 1. The molecule has 0 saturated heterocycles. The first-order chi connectivity index (χ1) is 8.43. The number of carbonyl (C=O) groups excluding carboxylic acids is 1. The molecule has 0 heterocycles. The quantitative estimate of drug-likeness (QED) is 0.331. The number of nitrogens with two attached hydrogens (primary N) is 1. The molecule has 1 rings (SSSR count). The second-order valence-electron chi connectivity index (χ2n) is 4.33. The fourth-order valence-corrected chi connectivity index (χ4v) is 1.41. The van der Waals surface area contributed by atoms with Gasteiger partial charge in [-0.05, 0) is 24.1 Å². The lowest BCUT2D eigenvalue weighted by atomic mass is 10.1. The summed E-state index contributed by atoms with van der Waals surface area (Å²) in [6.07, 6.45) is 0.321. The molecule has 0 atom stereocenters. The van der Waals surface area contributed by atoms with Gasteiger partial charge in [-0.2, -0.15) is 0 Å². The van der Waals surface area contributed by atoms with Crippen molar-refractivity contribution in [2.75, 3.05) is 5.32 Å². The molecule has 0 aliphatic rings. The van der Waals surface area contributed by atoms with Crippen molar-refractivity contribution in [2.45, 2.75) is 20.3 Å². The van der Waals surface area contributed by atoms with E-state index < -0.39 is 5.82 Å². The smallest absolute Gasteiger partial charge is 0.224 e. The number of hydrogen-bond donors (Lipinski definition) is 3. The van der Waals surface area contributed by atoms with Gasteiger partial charge in [-0.15, -0.1) is 0 Å². The zero-order chi connectivity index (χ0) is 13.7.